The van der Waals surface area contributed by atoms with Crippen LogP contribution in [-0.4, -0.2) is 39.5 Å². The minimum atomic E-state index is -0.507. The summed E-state index contributed by atoms with van der Waals surface area (Å²) in [6.45, 7) is 0. The van der Waals surface area contributed by atoms with Crippen LogP contribution in [0, 0.1) is 0 Å². The van der Waals surface area contributed by atoms with Crippen LogP contribution in [0.2, 0.25) is 0 Å². The highest BCUT2D eigenvalue weighted by Gasteiger charge is 2.11. The van der Waals surface area contributed by atoms with Crippen LogP contribution in [0.25, 0.3) is 0 Å². The van der Waals surface area contributed by atoms with Crippen molar-refractivity contribution in [2.75, 3.05) is 13.4 Å². The van der Waals surface area contributed by atoms with Gasteiger partial charge in [0.25, 0.3) is 0 Å². The Kier molecular flexibility index (Phi) is 4.50. The van der Waals surface area contributed by atoms with E-state index in [-0.39, 0.29) is 5.69 Å². The fourth-order valence-electron chi connectivity index (χ4n) is 1.01. The Morgan fingerprint density at radius 3 is 2.78 bits per heavy atom. The van der Waals surface area contributed by atoms with Crippen LogP contribution in [0.1, 0.15) is 10.5 Å². The molecule has 0 atom stereocenters. The van der Waals surface area contributed by atoms with E-state index in [4.69, 9.17) is 0 Å². The summed E-state index contributed by atoms with van der Waals surface area (Å²) in [6.07, 6.45) is 4.87. The lowest BCUT2D eigenvalue weighted by Gasteiger charge is -1.99. The third-order valence-corrected chi connectivity index (χ3v) is 4.62. The lowest BCUT2D eigenvalue weighted by molar-refractivity contribution is 0.0592. The molecule has 2 rings (SSSR count). The average molecular weight is 300 g/mol. The zero-order valence-electron chi connectivity index (χ0n) is 9.48. The van der Waals surface area contributed by atoms with Gasteiger partial charge >= 0.3 is 5.97 Å². The highest BCUT2D eigenvalue weighted by atomic mass is 32.2. The van der Waals surface area contributed by atoms with Gasteiger partial charge in [0.05, 0.1) is 19.5 Å². The molecule has 9 heteroatoms. The van der Waals surface area contributed by atoms with E-state index in [0.29, 0.717) is 5.03 Å². The van der Waals surface area contributed by atoms with Crippen LogP contribution < -0.4 is 0 Å². The summed E-state index contributed by atoms with van der Waals surface area (Å²) in [4.78, 5) is 19.4. The molecule has 0 unspecified atom stereocenters. The second-order valence-corrected chi connectivity index (χ2v) is 6.17. The standard InChI is InChI=1S/C9H8N4O2S3/c1-15-7(14)5-3-10-4-6(11-5)17-9-13-12-8(16-2)18-9/h3-4H,1-2H3. The molecular weight excluding hydrogens is 292 g/mol. The van der Waals surface area contributed by atoms with Crippen molar-refractivity contribution in [2.24, 2.45) is 0 Å². The number of esters is 1. The first kappa shape index (κ1) is 13.2. The van der Waals surface area contributed by atoms with E-state index < -0.39 is 5.97 Å². The molecule has 2 aromatic rings. The van der Waals surface area contributed by atoms with Crippen molar-refractivity contribution in [2.45, 2.75) is 13.7 Å². The van der Waals surface area contributed by atoms with Crippen molar-refractivity contribution >= 4 is 40.8 Å². The van der Waals surface area contributed by atoms with E-state index in [9.17, 15) is 4.79 Å². The van der Waals surface area contributed by atoms with Gasteiger partial charge in [-0.3, -0.25) is 4.98 Å². The highest BCUT2D eigenvalue weighted by Crippen LogP contribution is 2.31. The fraction of sp³-hybridized carbons (Fsp3) is 0.222. The van der Waals surface area contributed by atoms with Crippen molar-refractivity contribution in [3.05, 3.63) is 18.1 Å². The average Bonchev–Trinajstić information content (AvgIpc) is 2.86. The number of hydrogen-bond acceptors (Lipinski definition) is 9. The number of aromatic nitrogens is 4. The van der Waals surface area contributed by atoms with Gasteiger partial charge < -0.3 is 4.74 Å². The third-order valence-electron chi connectivity index (χ3n) is 1.76. The molecule has 0 spiro atoms. The fourth-order valence-corrected chi connectivity index (χ4v) is 3.35. The van der Waals surface area contributed by atoms with Crippen LogP contribution in [-0.2, 0) is 4.74 Å². The minimum Gasteiger partial charge on any atom is -0.464 e. The number of thioether (sulfide) groups is 1. The molecule has 2 heterocycles. The lowest BCUT2D eigenvalue weighted by atomic mass is 10.5. The maximum atomic E-state index is 11.3. The van der Waals surface area contributed by atoms with Gasteiger partial charge in [0.15, 0.2) is 14.4 Å². The quantitative estimate of drug-likeness (QED) is 0.626. The molecule has 0 aliphatic heterocycles. The molecule has 94 valence electrons. The summed E-state index contributed by atoms with van der Waals surface area (Å²) in [5.41, 5.74) is 0.178. The van der Waals surface area contributed by atoms with E-state index in [0.717, 1.165) is 8.68 Å². The maximum Gasteiger partial charge on any atom is 0.358 e. The van der Waals surface area contributed by atoms with Gasteiger partial charge in [0.1, 0.15) is 5.03 Å². The number of ether oxygens (including phenoxy) is 1. The summed E-state index contributed by atoms with van der Waals surface area (Å²) in [6, 6.07) is 0. The largest absolute Gasteiger partial charge is 0.464 e. The predicted molar refractivity (Wildman–Crippen MR) is 69.2 cm³/mol. The van der Waals surface area contributed by atoms with Gasteiger partial charge in [-0.1, -0.05) is 23.1 Å². The van der Waals surface area contributed by atoms with Crippen molar-refractivity contribution in [3.63, 3.8) is 0 Å². The van der Waals surface area contributed by atoms with Gasteiger partial charge in [-0.2, -0.15) is 0 Å². The second kappa shape index (κ2) is 6.12. The Morgan fingerprint density at radius 2 is 2.11 bits per heavy atom. The zero-order chi connectivity index (χ0) is 13.0. The first-order valence-corrected chi connectivity index (χ1v) is 7.54. The monoisotopic (exact) mass is 300 g/mol. The summed E-state index contributed by atoms with van der Waals surface area (Å²) >= 11 is 4.32. The molecule has 0 saturated carbocycles. The van der Waals surface area contributed by atoms with Crippen LogP contribution in [0.3, 0.4) is 0 Å². The Bertz CT molecular complexity index is 560. The van der Waals surface area contributed by atoms with Crippen molar-refractivity contribution in [1.82, 2.24) is 20.2 Å². The van der Waals surface area contributed by atoms with Gasteiger partial charge in [0.2, 0.25) is 0 Å². The van der Waals surface area contributed by atoms with Gasteiger partial charge in [-0.25, -0.2) is 9.78 Å². The Balaban J connectivity index is 2.16. The molecule has 0 aromatic carbocycles. The summed E-state index contributed by atoms with van der Waals surface area (Å²) < 4.78 is 6.23. The molecular formula is C9H8N4O2S3. The molecule has 0 bridgehead atoms. The first-order valence-electron chi connectivity index (χ1n) is 4.68. The van der Waals surface area contributed by atoms with E-state index >= 15 is 0 Å². The maximum absolute atomic E-state index is 11.3. The molecule has 0 N–H and O–H groups in total. The van der Waals surface area contributed by atoms with Crippen molar-refractivity contribution in [1.29, 1.82) is 0 Å². The summed E-state index contributed by atoms with van der Waals surface area (Å²) in [7, 11) is 1.30. The molecule has 0 aliphatic carbocycles. The number of hydrogen-bond donors (Lipinski definition) is 0. The van der Waals surface area contributed by atoms with E-state index in [1.165, 1.54) is 48.2 Å². The molecule has 0 radical (unpaired) electrons. The van der Waals surface area contributed by atoms with E-state index in [2.05, 4.69) is 24.9 Å². The third kappa shape index (κ3) is 3.18. The topological polar surface area (TPSA) is 77.9 Å². The Labute approximate surface area is 116 Å². The van der Waals surface area contributed by atoms with Crippen LogP contribution in [0.15, 0.2) is 26.1 Å². The van der Waals surface area contributed by atoms with Crippen LogP contribution in [0.4, 0.5) is 0 Å². The lowest BCUT2D eigenvalue weighted by Crippen LogP contribution is -2.05. The number of methoxy groups -OCH3 is 1. The second-order valence-electron chi connectivity index (χ2n) is 2.87. The molecule has 0 amide bonds. The zero-order valence-corrected chi connectivity index (χ0v) is 11.9. The predicted octanol–water partition coefficient (Wildman–Crippen LogP) is 1.99. The Hall–Kier alpha value is -1.19. The van der Waals surface area contributed by atoms with Gasteiger partial charge in [-0.15, -0.1) is 10.2 Å². The molecule has 6 nitrogen and oxygen atoms in total. The van der Waals surface area contributed by atoms with Crippen LogP contribution in [0.5, 0.6) is 0 Å². The summed E-state index contributed by atoms with van der Waals surface area (Å²) in [5.74, 6) is -0.507. The van der Waals surface area contributed by atoms with Crippen molar-refractivity contribution < 1.29 is 9.53 Å². The molecule has 0 saturated heterocycles. The molecule has 2 aromatic heterocycles. The minimum absolute atomic E-state index is 0.178. The SMILES string of the molecule is COC(=O)c1cncc(Sc2nnc(SC)s2)n1. The smallest absolute Gasteiger partial charge is 0.358 e. The van der Waals surface area contributed by atoms with Crippen LogP contribution >= 0.6 is 34.9 Å². The van der Waals surface area contributed by atoms with E-state index in [1.807, 2.05) is 6.26 Å². The number of carbonyl (C=O) groups is 1. The van der Waals surface area contributed by atoms with Gasteiger partial charge in [-0.05, 0) is 18.0 Å². The Morgan fingerprint density at radius 1 is 1.33 bits per heavy atom. The van der Waals surface area contributed by atoms with E-state index in [1.54, 1.807) is 6.20 Å². The normalized spacial score (nSPS) is 10.3. The number of rotatable bonds is 4. The first-order chi connectivity index (χ1) is 8.72. The number of carbonyl (C=O) groups excluding carboxylic acids is 1. The van der Waals surface area contributed by atoms with Gasteiger partial charge in [0, 0.05) is 0 Å². The molecule has 0 fully saturated rings. The molecule has 0 aliphatic rings. The summed E-state index contributed by atoms with van der Waals surface area (Å²) in [5, 5.41) is 8.56. The highest BCUT2D eigenvalue weighted by molar-refractivity contribution is 8.02. The van der Waals surface area contributed by atoms with Crippen molar-refractivity contribution in [3.8, 4) is 0 Å². The number of nitrogens with zero attached hydrogens (tertiary/aromatic N) is 4. The molecule has 18 heavy (non-hydrogen) atoms.